The van der Waals surface area contributed by atoms with E-state index in [0.29, 0.717) is 12.1 Å². The van der Waals surface area contributed by atoms with E-state index >= 15 is 0 Å². The van der Waals surface area contributed by atoms with Crippen LogP contribution in [-0.4, -0.2) is 25.5 Å². The zero-order valence-electron chi connectivity index (χ0n) is 16.5. The molecule has 27 heavy (non-hydrogen) atoms. The topological polar surface area (TPSA) is 65.5 Å². The maximum atomic E-state index is 11.8. The molecule has 0 unspecified atom stereocenters. The van der Waals surface area contributed by atoms with E-state index in [0.717, 1.165) is 37.5 Å². The van der Waals surface area contributed by atoms with Gasteiger partial charge in [-0.3, -0.25) is 4.79 Å². The molecule has 5 nitrogen and oxygen atoms in total. The van der Waals surface area contributed by atoms with Gasteiger partial charge >= 0.3 is 0 Å². The monoisotopic (exact) mass is 366 g/mol. The molecular formula is C22H30N4O. The first-order valence-corrected chi connectivity index (χ1v) is 9.51. The fraction of sp³-hybridized carbons (Fsp3) is 0.364. The fourth-order valence-electron chi connectivity index (χ4n) is 2.58. The number of rotatable bonds is 8. The van der Waals surface area contributed by atoms with E-state index in [9.17, 15) is 4.79 Å². The zero-order chi connectivity index (χ0) is 19.5. The Morgan fingerprint density at radius 2 is 1.81 bits per heavy atom. The van der Waals surface area contributed by atoms with Crippen molar-refractivity contribution in [3.63, 3.8) is 0 Å². The van der Waals surface area contributed by atoms with Crippen LogP contribution in [0.3, 0.4) is 0 Å². The normalized spacial score (nSPS) is 11.1. The fourth-order valence-corrected chi connectivity index (χ4v) is 2.58. The standard InChI is InChI=1S/C22H30N4O/c1-4-5-13-24-22(25-15-18-11-9-17(2)10-12-18)26-16-19-7-6-8-20(14-19)21(27)23-3/h6-12,14H,4-5,13,15-16H2,1-3H3,(H,23,27)(H2,24,25,26). The van der Waals surface area contributed by atoms with E-state index < -0.39 is 0 Å². The summed E-state index contributed by atoms with van der Waals surface area (Å²) in [5, 5.41) is 9.42. The summed E-state index contributed by atoms with van der Waals surface area (Å²) >= 11 is 0. The van der Waals surface area contributed by atoms with Crippen molar-refractivity contribution in [2.45, 2.75) is 39.8 Å². The number of aliphatic imine (C=N–C) groups is 1. The van der Waals surface area contributed by atoms with Crippen LogP contribution in [0.25, 0.3) is 0 Å². The number of amides is 1. The molecule has 1 amide bonds. The molecule has 3 N–H and O–H groups in total. The van der Waals surface area contributed by atoms with E-state index in [1.165, 1.54) is 11.1 Å². The number of nitrogens with one attached hydrogen (secondary N) is 3. The third-order valence-corrected chi connectivity index (χ3v) is 4.24. The van der Waals surface area contributed by atoms with Crippen molar-refractivity contribution >= 4 is 11.9 Å². The van der Waals surface area contributed by atoms with Crippen LogP contribution in [0.15, 0.2) is 53.5 Å². The van der Waals surface area contributed by atoms with Gasteiger partial charge in [0.2, 0.25) is 0 Å². The molecule has 0 spiro atoms. The minimum atomic E-state index is -0.0837. The minimum absolute atomic E-state index is 0.0837. The van der Waals surface area contributed by atoms with Crippen molar-refractivity contribution in [1.29, 1.82) is 0 Å². The largest absolute Gasteiger partial charge is 0.356 e. The molecule has 2 rings (SSSR count). The Hall–Kier alpha value is -2.82. The van der Waals surface area contributed by atoms with Crippen molar-refractivity contribution in [2.75, 3.05) is 13.6 Å². The van der Waals surface area contributed by atoms with E-state index in [1.807, 2.05) is 24.3 Å². The zero-order valence-corrected chi connectivity index (χ0v) is 16.5. The average molecular weight is 367 g/mol. The molecule has 0 saturated heterocycles. The number of hydrogen-bond acceptors (Lipinski definition) is 2. The number of carbonyl (C=O) groups excluding carboxylic acids is 1. The molecule has 0 radical (unpaired) electrons. The van der Waals surface area contributed by atoms with Gasteiger partial charge in [-0.25, -0.2) is 4.99 Å². The molecule has 0 aliphatic heterocycles. The van der Waals surface area contributed by atoms with Gasteiger partial charge in [0.25, 0.3) is 5.91 Å². The van der Waals surface area contributed by atoms with Crippen molar-refractivity contribution in [2.24, 2.45) is 4.99 Å². The van der Waals surface area contributed by atoms with Crippen molar-refractivity contribution in [3.05, 3.63) is 70.8 Å². The summed E-state index contributed by atoms with van der Waals surface area (Å²) < 4.78 is 0. The van der Waals surface area contributed by atoms with Crippen molar-refractivity contribution in [1.82, 2.24) is 16.0 Å². The number of nitrogens with zero attached hydrogens (tertiary/aromatic N) is 1. The quantitative estimate of drug-likeness (QED) is 0.381. The average Bonchev–Trinajstić information content (AvgIpc) is 2.70. The maximum absolute atomic E-state index is 11.8. The van der Waals surface area contributed by atoms with Crippen LogP contribution in [-0.2, 0) is 13.1 Å². The molecule has 0 aliphatic carbocycles. The Labute approximate surface area is 162 Å². The number of guanidine groups is 1. The molecule has 2 aromatic carbocycles. The Bertz CT molecular complexity index is 753. The van der Waals surface area contributed by atoms with Gasteiger partial charge in [0.15, 0.2) is 5.96 Å². The molecular weight excluding hydrogens is 336 g/mol. The number of aryl methyl sites for hydroxylation is 1. The van der Waals surface area contributed by atoms with Crippen molar-refractivity contribution < 1.29 is 4.79 Å². The highest BCUT2D eigenvalue weighted by Gasteiger charge is 2.04. The molecule has 0 fully saturated rings. The number of hydrogen-bond donors (Lipinski definition) is 3. The van der Waals surface area contributed by atoms with Gasteiger partial charge < -0.3 is 16.0 Å². The molecule has 5 heteroatoms. The molecule has 0 heterocycles. The summed E-state index contributed by atoms with van der Waals surface area (Å²) in [5.74, 6) is 0.703. The minimum Gasteiger partial charge on any atom is -0.356 e. The van der Waals surface area contributed by atoms with Gasteiger partial charge in [0, 0.05) is 25.7 Å². The lowest BCUT2D eigenvalue weighted by Gasteiger charge is -2.13. The lowest BCUT2D eigenvalue weighted by atomic mass is 10.1. The highest BCUT2D eigenvalue weighted by molar-refractivity contribution is 5.94. The highest BCUT2D eigenvalue weighted by Crippen LogP contribution is 2.07. The van der Waals surface area contributed by atoms with E-state index in [4.69, 9.17) is 0 Å². The predicted octanol–water partition coefficient (Wildman–Crippen LogP) is 3.39. The van der Waals surface area contributed by atoms with Gasteiger partial charge in [-0.05, 0) is 36.6 Å². The van der Waals surface area contributed by atoms with Crippen LogP contribution in [0.1, 0.15) is 46.8 Å². The Morgan fingerprint density at radius 3 is 2.52 bits per heavy atom. The number of carbonyl (C=O) groups is 1. The van der Waals surface area contributed by atoms with Gasteiger partial charge in [-0.1, -0.05) is 55.3 Å². The van der Waals surface area contributed by atoms with Crippen molar-refractivity contribution in [3.8, 4) is 0 Å². The first-order valence-electron chi connectivity index (χ1n) is 9.51. The summed E-state index contributed by atoms with van der Waals surface area (Å²) in [6.45, 7) is 6.37. The van der Waals surface area contributed by atoms with Crippen LogP contribution in [0.4, 0.5) is 0 Å². The third kappa shape index (κ3) is 7.13. The van der Waals surface area contributed by atoms with Crippen LogP contribution in [0.2, 0.25) is 0 Å². The summed E-state index contributed by atoms with van der Waals surface area (Å²) in [7, 11) is 1.64. The Morgan fingerprint density at radius 1 is 1.04 bits per heavy atom. The molecule has 0 saturated carbocycles. The first kappa shape index (κ1) is 20.5. The molecule has 2 aromatic rings. The Kier molecular flexibility index (Phi) is 8.36. The number of unbranched alkanes of at least 4 members (excludes halogenated alkanes) is 1. The summed E-state index contributed by atoms with van der Waals surface area (Å²) in [5.41, 5.74) is 4.12. The van der Waals surface area contributed by atoms with Crippen LogP contribution in [0.5, 0.6) is 0 Å². The second kappa shape index (κ2) is 11.0. The molecule has 0 atom stereocenters. The summed E-state index contributed by atoms with van der Waals surface area (Å²) in [6.07, 6.45) is 2.23. The summed E-state index contributed by atoms with van der Waals surface area (Å²) in [4.78, 5) is 16.5. The number of benzene rings is 2. The molecule has 0 aromatic heterocycles. The van der Waals surface area contributed by atoms with Crippen LogP contribution in [0, 0.1) is 6.92 Å². The predicted molar refractivity (Wildman–Crippen MR) is 112 cm³/mol. The smallest absolute Gasteiger partial charge is 0.251 e. The highest BCUT2D eigenvalue weighted by atomic mass is 16.1. The first-order chi connectivity index (χ1) is 13.1. The van der Waals surface area contributed by atoms with Gasteiger partial charge in [-0.2, -0.15) is 0 Å². The van der Waals surface area contributed by atoms with E-state index in [2.05, 4.69) is 59.1 Å². The molecule has 0 aliphatic rings. The molecule has 144 valence electrons. The molecule has 0 bridgehead atoms. The lowest BCUT2D eigenvalue weighted by Crippen LogP contribution is -2.37. The summed E-state index contributed by atoms with van der Waals surface area (Å²) in [6, 6.07) is 16.0. The van der Waals surface area contributed by atoms with Gasteiger partial charge in [0.05, 0.1) is 6.54 Å². The second-order valence-electron chi connectivity index (χ2n) is 6.56. The van der Waals surface area contributed by atoms with Crippen LogP contribution >= 0.6 is 0 Å². The van der Waals surface area contributed by atoms with Gasteiger partial charge in [-0.15, -0.1) is 0 Å². The van der Waals surface area contributed by atoms with Gasteiger partial charge in [0.1, 0.15) is 0 Å². The Balaban J connectivity index is 2.03. The maximum Gasteiger partial charge on any atom is 0.251 e. The SMILES string of the molecule is CCCCNC(=NCc1cccc(C(=O)NC)c1)NCc1ccc(C)cc1. The third-order valence-electron chi connectivity index (χ3n) is 4.24. The van der Waals surface area contributed by atoms with E-state index in [1.54, 1.807) is 7.05 Å². The second-order valence-corrected chi connectivity index (χ2v) is 6.56. The van der Waals surface area contributed by atoms with E-state index in [-0.39, 0.29) is 5.91 Å². The lowest BCUT2D eigenvalue weighted by molar-refractivity contribution is 0.0963. The van der Waals surface area contributed by atoms with Crippen LogP contribution < -0.4 is 16.0 Å².